The molecule has 1 N–H and O–H groups in total. The average Bonchev–Trinajstić information content (AvgIpc) is 2.68. The second-order valence-electron chi connectivity index (χ2n) is 7.18. The summed E-state index contributed by atoms with van der Waals surface area (Å²) in [6.45, 7) is 10.8. The number of nitrogens with one attached hydrogen (secondary N) is 1. The summed E-state index contributed by atoms with van der Waals surface area (Å²) < 4.78 is 5.37. The summed E-state index contributed by atoms with van der Waals surface area (Å²) >= 11 is 0. The maximum absolute atomic E-state index is 5.37. The normalized spacial score (nSPS) is 16.7. The molecule has 1 fully saturated rings. The standard InChI is InChI=1S/C20H28N4O/c1-16(20(2,3)18-7-5-4-6-8-18)21-13-17-14-22-19(23-15-17)24-9-11-25-12-10-24/h4-8,14-16,21H,9-13H2,1-3H3. The molecule has 1 saturated heterocycles. The Morgan fingerprint density at radius 1 is 1.12 bits per heavy atom. The van der Waals surface area contributed by atoms with Crippen molar-refractivity contribution in [3.8, 4) is 0 Å². The van der Waals surface area contributed by atoms with Gasteiger partial charge in [0.25, 0.3) is 0 Å². The van der Waals surface area contributed by atoms with Crippen LogP contribution in [0.25, 0.3) is 0 Å². The molecule has 1 atom stereocenters. The molecule has 0 saturated carbocycles. The van der Waals surface area contributed by atoms with E-state index in [1.54, 1.807) is 0 Å². The van der Waals surface area contributed by atoms with Crippen LogP contribution in [0.3, 0.4) is 0 Å². The van der Waals surface area contributed by atoms with Gasteiger partial charge in [0.15, 0.2) is 0 Å². The number of nitrogens with zero attached hydrogens (tertiary/aromatic N) is 3. The third-order valence-corrected chi connectivity index (χ3v) is 5.20. The quantitative estimate of drug-likeness (QED) is 0.876. The van der Waals surface area contributed by atoms with Gasteiger partial charge in [-0.15, -0.1) is 0 Å². The number of hydrogen-bond donors (Lipinski definition) is 1. The number of rotatable bonds is 6. The molecule has 1 aliphatic rings. The molecule has 0 aliphatic carbocycles. The van der Waals surface area contributed by atoms with E-state index in [2.05, 4.69) is 71.3 Å². The monoisotopic (exact) mass is 340 g/mol. The van der Waals surface area contributed by atoms with Gasteiger partial charge in [0.05, 0.1) is 13.2 Å². The van der Waals surface area contributed by atoms with Crippen LogP contribution in [0.5, 0.6) is 0 Å². The lowest BCUT2D eigenvalue weighted by Gasteiger charge is -2.33. The van der Waals surface area contributed by atoms with E-state index in [0.29, 0.717) is 6.04 Å². The maximum atomic E-state index is 5.37. The average molecular weight is 340 g/mol. The van der Waals surface area contributed by atoms with Crippen molar-refractivity contribution in [1.29, 1.82) is 0 Å². The lowest BCUT2D eigenvalue weighted by atomic mass is 9.78. The lowest BCUT2D eigenvalue weighted by molar-refractivity contribution is 0.122. The minimum absolute atomic E-state index is 0.0514. The van der Waals surface area contributed by atoms with Gasteiger partial charge in [0.2, 0.25) is 5.95 Å². The van der Waals surface area contributed by atoms with Crippen LogP contribution in [0.4, 0.5) is 5.95 Å². The van der Waals surface area contributed by atoms with Crippen LogP contribution >= 0.6 is 0 Å². The Hall–Kier alpha value is -1.98. The summed E-state index contributed by atoms with van der Waals surface area (Å²) in [5.74, 6) is 0.796. The van der Waals surface area contributed by atoms with E-state index in [4.69, 9.17) is 4.74 Å². The molecule has 0 bridgehead atoms. The molecule has 0 spiro atoms. The highest BCUT2D eigenvalue weighted by Crippen LogP contribution is 2.27. The van der Waals surface area contributed by atoms with Gasteiger partial charge in [-0.05, 0) is 12.5 Å². The molecule has 3 rings (SSSR count). The summed E-state index contributed by atoms with van der Waals surface area (Å²) in [5.41, 5.74) is 2.50. The fourth-order valence-corrected chi connectivity index (χ4v) is 3.01. The Morgan fingerprint density at radius 3 is 2.40 bits per heavy atom. The van der Waals surface area contributed by atoms with Crippen molar-refractivity contribution in [2.24, 2.45) is 0 Å². The van der Waals surface area contributed by atoms with Crippen molar-refractivity contribution in [3.63, 3.8) is 0 Å². The Bertz CT molecular complexity index is 651. The molecular weight excluding hydrogens is 312 g/mol. The molecule has 5 nitrogen and oxygen atoms in total. The largest absolute Gasteiger partial charge is 0.378 e. The van der Waals surface area contributed by atoms with Gasteiger partial charge in [0.1, 0.15) is 0 Å². The smallest absolute Gasteiger partial charge is 0.225 e. The zero-order valence-electron chi connectivity index (χ0n) is 15.4. The Balaban J connectivity index is 1.57. The summed E-state index contributed by atoms with van der Waals surface area (Å²) in [7, 11) is 0. The number of hydrogen-bond acceptors (Lipinski definition) is 5. The van der Waals surface area contributed by atoms with E-state index in [9.17, 15) is 0 Å². The minimum Gasteiger partial charge on any atom is -0.378 e. The van der Waals surface area contributed by atoms with E-state index in [0.717, 1.165) is 44.4 Å². The number of benzene rings is 1. The van der Waals surface area contributed by atoms with E-state index in [-0.39, 0.29) is 5.41 Å². The van der Waals surface area contributed by atoms with Crippen LogP contribution in [0.15, 0.2) is 42.7 Å². The minimum atomic E-state index is 0.0514. The fourth-order valence-electron chi connectivity index (χ4n) is 3.01. The first-order valence-electron chi connectivity index (χ1n) is 9.00. The molecule has 2 heterocycles. The van der Waals surface area contributed by atoms with Gasteiger partial charge in [-0.25, -0.2) is 9.97 Å². The summed E-state index contributed by atoms with van der Waals surface area (Å²) in [5, 5.41) is 3.62. The number of morpholine rings is 1. The third-order valence-electron chi connectivity index (χ3n) is 5.20. The number of anilines is 1. The van der Waals surface area contributed by atoms with E-state index in [1.807, 2.05) is 12.4 Å². The van der Waals surface area contributed by atoms with Gasteiger partial charge in [-0.3, -0.25) is 0 Å². The molecule has 1 aromatic carbocycles. The second kappa shape index (κ2) is 7.93. The predicted molar refractivity (Wildman–Crippen MR) is 101 cm³/mol. The van der Waals surface area contributed by atoms with Crippen molar-refractivity contribution in [2.45, 2.75) is 38.8 Å². The summed E-state index contributed by atoms with van der Waals surface area (Å²) in [6.07, 6.45) is 3.85. The molecule has 5 heteroatoms. The van der Waals surface area contributed by atoms with Gasteiger partial charge in [-0.2, -0.15) is 0 Å². The van der Waals surface area contributed by atoms with Crippen molar-refractivity contribution in [3.05, 3.63) is 53.9 Å². The van der Waals surface area contributed by atoms with Crippen molar-refractivity contribution in [2.75, 3.05) is 31.2 Å². The molecule has 2 aromatic rings. The second-order valence-corrected chi connectivity index (χ2v) is 7.18. The van der Waals surface area contributed by atoms with E-state index in [1.165, 1.54) is 5.56 Å². The SMILES string of the molecule is CC(NCc1cnc(N2CCOCC2)nc1)C(C)(C)c1ccccc1. The third kappa shape index (κ3) is 4.35. The molecule has 1 unspecified atom stereocenters. The lowest BCUT2D eigenvalue weighted by Crippen LogP contribution is -2.42. The Kier molecular flexibility index (Phi) is 5.66. The first-order chi connectivity index (χ1) is 12.1. The van der Waals surface area contributed by atoms with Gasteiger partial charge in [0, 0.05) is 49.0 Å². The molecule has 1 aliphatic heterocycles. The summed E-state index contributed by atoms with van der Waals surface area (Å²) in [6, 6.07) is 11.0. The van der Waals surface area contributed by atoms with E-state index >= 15 is 0 Å². The van der Waals surface area contributed by atoms with Gasteiger partial charge >= 0.3 is 0 Å². The topological polar surface area (TPSA) is 50.3 Å². The highest BCUT2D eigenvalue weighted by Gasteiger charge is 2.27. The molecule has 0 amide bonds. The highest BCUT2D eigenvalue weighted by molar-refractivity contribution is 5.30. The molecule has 1 aromatic heterocycles. The Labute approximate surface area is 150 Å². The van der Waals surface area contributed by atoms with Crippen LogP contribution in [0, 0.1) is 0 Å². The fraction of sp³-hybridized carbons (Fsp3) is 0.500. The van der Waals surface area contributed by atoms with Crippen LogP contribution in [0.1, 0.15) is 31.9 Å². The van der Waals surface area contributed by atoms with Crippen molar-refractivity contribution in [1.82, 2.24) is 15.3 Å². The first-order valence-corrected chi connectivity index (χ1v) is 9.00. The van der Waals surface area contributed by atoms with Crippen LogP contribution in [0.2, 0.25) is 0 Å². The highest BCUT2D eigenvalue weighted by atomic mass is 16.5. The molecular formula is C20H28N4O. The summed E-state index contributed by atoms with van der Waals surface area (Å²) in [4.78, 5) is 11.2. The molecule has 25 heavy (non-hydrogen) atoms. The number of aromatic nitrogens is 2. The van der Waals surface area contributed by atoms with Crippen LogP contribution < -0.4 is 10.2 Å². The predicted octanol–water partition coefficient (Wildman–Crippen LogP) is 2.77. The van der Waals surface area contributed by atoms with Crippen molar-refractivity contribution >= 4 is 5.95 Å². The number of ether oxygens (including phenoxy) is 1. The van der Waals surface area contributed by atoms with Crippen LogP contribution in [-0.2, 0) is 16.7 Å². The van der Waals surface area contributed by atoms with Gasteiger partial charge < -0.3 is 15.0 Å². The van der Waals surface area contributed by atoms with Crippen LogP contribution in [-0.4, -0.2) is 42.3 Å². The maximum Gasteiger partial charge on any atom is 0.225 e. The first kappa shape index (κ1) is 17.8. The zero-order chi connectivity index (χ0) is 17.7. The van der Waals surface area contributed by atoms with Gasteiger partial charge in [-0.1, -0.05) is 44.2 Å². The van der Waals surface area contributed by atoms with E-state index < -0.39 is 0 Å². The van der Waals surface area contributed by atoms with Crippen molar-refractivity contribution < 1.29 is 4.74 Å². The molecule has 134 valence electrons. The zero-order valence-corrected chi connectivity index (χ0v) is 15.4. The Morgan fingerprint density at radius 2 is 1.76 bits per heavy atom. The molecule has 0 radical (unpaired) electrons.